The first-order valence-electron chi connectivity index (χ1n) is 13.3. The zero-order valence-corrected chi connectivity index (χ0v) is 23.3. The van der Waals surface area contributed by atoms with Crippen LogP contribution in [-0.4, -0.2) is 47.8 Å². The van der Waals surface area contributed by atoms with Crippen LogP contribution in [0.15, 0.2) is 42.7 Å². The second kappa shape index (κ2) is 16.3. The van der Waals surface area contributed by atoms with Crippen molar-refractivity contribution in [3.8, 4) is 5.75 Å². The number of likely N-dealkylation sites (N-methyl/N-ethyl adjacent to an activating group) is 1. The minimum atomic E-state index is -4.51. The molecule has 3 rings (SSSR count). The first kappa shape index (κ1) is 32.4. The number of aromatic nitrogens is 1. The minimum Gasteiger partial charge on any atom is -0.508 e. The van der Waals surface area contributed by atoms with E-state index in [4.69, 9.17) is 4.74 Å². The van der Waals surface area contributed by atoms with E-state index in [9.17, 15) is 18.3 Å². The van der Waals surface area contributed by atoms with E-state index in [1.807, 2.05) is 37.9 Å². The van der Waals surface area contributed by atoms with Crippen molar-refractivity contribution < 1.29 is 23.0 Å². The lowest BCUT2D eigenvalue weighted by atomic mass is 9.93. The summed E-state index contributed by atoms with van der Waals surface area (Å²) in [6, 6.07) is 4.70. The summed E-state index contributed by atoms with van der Waals surface area (Å²) in [6.07, 6.45) is 4.02. The summed E-state index contributed by atoms with van der Waals surface area (Å²) >= 11 is 0. The van der Waals surface area contributed by atoms with Crippen LogP contribution in [0.5, 0.6) is 5.75 Å². The van der Waals surface area contributed by atoms with Gasteiger partial charge in [0.15, 0.2) is 0 Å². The van der Waals surface area contributed by atoms with E-state index in [0.29, 0.717) is 25.3 Å². The molecular formula is C29H44F3N3O2. The summed E-state index contributed by atoms with van der Waals surface area (Å²) in [4.78, 5) is 6.27. The van der Waals surface area contributed by atoms with E-state index >= 15 is 0 Å². The summed E-state index contributed by atoms with van der Waals surface area (Å²) in [5.41, 5.74) is 2.17. The van der Waals surface area contributed by atoms with Gasteiger partial charge in [0, 0.05) is 48.4 Å². The Labute approximate surface area is 220 Å². The molecular weight excluding hydrogens is 479 g/mol. The largest absolute Gasteiger partial charge is 0.508 e. The fourth-order valence-corrected chi connectivity index (χ4v) is 3.90. The number of fused-ring (bicyclic) bond motifs is 1. The Morgan fingerprint density at radius 2 is 1.81 bits per heavy atom. The Bertz CT molecular complexity index is 964. The molecule has 37 heavy (non-hydrogen) atoms. The highest BCUT2D eigenvalue weighted by molar-refractivity contribution is 5.69. The Morgan fingerprint density at radius 3 is 2.38 bits per heavy atom. The molecule has 0 spiro atoms. The molecule has 0 fully saturated rings. The second-order valence-electron chi connectivity index (χ2n) is 8.73. The van der Waals surface area contributed by atoms with Crippen LogP contribution < -0.4 is 5.32 Å². The summed E-state index contributed by atoms with van der Waals surface area (Å²) in [5, 5.41) is 14.1. The van der Waals surface area contributed by atoms with E-state index < -0.39 is 17.8 Å². The quantitative estimate of drug-likeness (QED) is 0.353. The number of hydrogen-bond donors (Lipinski definition) is 2. The van der Waals surface area contributed by atoms with Crippen molar-refractivity contribution in [2.45, 2.75) is 79.1 Å². The third kappa shape index (κ3) is 9.34. The number of hydrogen-bond acceptors (Lipinski definition) is 5. The summed E-state index contributed by atoms with van der Waals surface area (Å²) in [5.74, 6) is -0.379. The van der Waals surface area contributed by atoms with E-state index in [-0.39, 0.29) is 11.8 Å². The Balaban J connectivity index is 0.00000127. The number of ether oxygens (including phenoxy) is 1. The maximum atomic E-state index is 13.1. The van der Waals surface area contributed by atoms with Gasteiger partial charge in [0.1, 0.15) is 5.75 Å². The number of phenolic OH excluding ortho intramolecular Hbond substituents is 1. The van der Waals surface area contributed by atoms with Gasteiger partial charge in [-0.1, -0.05) is 54.0 Å². The molecule has 5 nitrogen and oxygen atoms in total. The Hall–Kier alpha value is -2.58. The van der Waals surface area contributed by atoms with Crippen molar-refractivity contribution in [1.82, 2.24) is 15.2 Å². The molecule has 2 atom stereocenters. The van der Waals surface area contributed by atoms with Crippen molar-refractivity contribution in [3.05, 3.63) is 65.0 Å². The highest BCUT2D eigenvalue weighted by Crippen LogP contribution is 2.40. The van der Waals surface area contributed by atoms with Gasteiger partial charge in [-0.25, -0.2) is 0 Å². The average molecular weight is 524 g/mol. The number of nitrogens with one attached hydrogen (secondary N) is 1. The number of aromatic hydroxyl groups is 1. The molecule has 1 aliphatic heterocycles. The van der Waals surface area contributed by atoms with E-state index in [0.717, 1.165) is 41.8 Å². The topological polar surface area (TPSA) is 57.6 Å². The van der Waals surface area contributed by atoms with Crippen LogP contribution in [0.1, 0.15) is 89.1 Å². The van der Waals surface area contributed by atoms with Crippen molar-refractivity contribution >= 4 is 5.70 Å². The van der Waals surface area contributed by atoms with E-state index in [2.05, 4.69) is 38.0 Å². The number of rotatable bonds is 8. The van der Waals surface area contributed by atoms with Crippen LogP contribution in [0, 0.1) is 0 Å². The van der Waals surface area contributed by atoms with Gasteiger partial charge in [0.2, 0.25) is 0 Å². The van der Waals surface area contributed by atoms with Gasteiger partial charge in [-0.2, -0.15) is 13.2 Å². The van der Waals surface area contributed by atoms with Crippen LogP contribution in [-0.2, 0) is 10.9 Å². The molecule has 1 aromatic heterocycles. The number of pyridine rings is 1. The minimum absolute atomic E-state index is 0.113. The molecule has 2 heterocycles. The molecule has 0 amide bonds. The van der Waals surface area contributed by atoms with E-state index in [1.54, 1.807) is 12.4 Å². The standard InChI is InChI=1S/C24H30F3N3O2.C3H8.C2H6/c1-4-12-32-15-17(5-2)29-21-9-11-30(3)23(18-8-10-28-14-20(18)21)19-7-6-16(13-22(19)31)24(25,26)27;1-3-2;1-2/h6-10,13-14,17,23,29,31H,4-5,11-12,15H2,1-3H3;3H2,1-2H3;1-2H3. The fraction of sp³-hybridized carbons (Fsp3) is 0.552. The normalized spacial score (nSPS) is 16.2. The summed E-state index contributed by atoms with van der Waals surface area (Å²) in [6.45, 7) is 14.2. The predicted molar refractivity (Wildman–Crippen MR) is 145 cm³/mol. The number of benzene rings is 1. The monoisotopic (exact) mass is 523 g/mol. The van der Waals surface area contributed by atoms with Gasteiger partial charge in [-0.3, -0.25) is 9.88 Å². The van der Waals surface area contributed by atoms with Gasteiger partial charge in [0.25, 0.3) is 0 Å². The molecule has 1 aromatic carbocycles. The number of halogens is 3. The van der Waals surface area contributed by atoms with Gasteiger partial charge in [0.05, 0.1) is 18.2 Å². The zero-order chi connectivity index (χ0) is 28.0. The summed E-state index contributed by atoms with van der Waals surface area (Å²) in [7, 11) is 1.88. The molecule has 0 radical (unpaired) electrons. The SMILES string of the molecule is CC.CCC.CCCOCC(CC)NC1=CCN(C)C(c2ccc(C(F)(F)F)cc2O)c2ccncc21. The van der Waals surface area contributed by atoms with Gasteiger partial charge >= 0.3 is 6.18 Å². The van der Waals surface area contributed by atoms with Crippen LogP contribution in [0.25, 0.3) is 5.70 Å². The van der Waals surface area contributed by atoms with Crippen molar-refractivity contribution in [1.29, 1.82) is 0 Å². The molecule has 2 N–H and O–H groups in total. The number of alkyl halides is 3. The summed E-state index contributed by atoms with van der Waals surface area (Å²) < 4.78 is 45.0. The predicted octanol–water partition coefficient (Wildman–Crippen LogP) is 7.42. The van der Waals surface area contributed by atoms with Crippen molar-refractivity contribution in [3.63, 3.8) is 0 Å². The van der Waals surface area contributed by atoms with Crippen LogP contribution in [0.2, 0.25) is 0 Å². The zero-order valence-electron chi connectivity index (χ0n) is 23.3. The van der Waals surface area contributed by atoms with Gasteiger partial charge in [-0.15, -0.1) is 0 Å². The fourth-order valence-electron chi connectivity index (χ4n) is 3.90. The third-order valence-electron chi connectivity index (χ3n) is 5.64. The molecule has 0 bridgehead atoms. The molecule has 208 valence electrons. The Kier molecular flexibility index (Phi) is 14.3. The lowest BCUT2D eigenvalue weighted by Gasteiger charge is -2.28. The lowest BCUT2D eigenvalue weighted by Crippen LogP contribution is -2.32. The van der Waals surface area contributed by atoms with Crippen LogP contribution >= 0.6 is 0 Å². The highest BCUT2D eigenvalue weighted by Gasteiger charge is 2.33. The molecule has 0 saturated carbocycles. The number of phenols is 1. The average Bonchev–Trinajstić information content (AvgIpc) is 3.01. The maximum Gasteiger partial charge on any atom is 0.416 e. The molecule has 8 heteroatoms. The second-order valence-corrected chi connectivity index (χ2v) is 8.73. The maximum absolute atomic E-state index is 13.1. The molecule has 2 unspecified atom stereocenters. The van der Waals surface area contributed by atoms with Gasteiger partial charge in [-0.05, 0) is 49.7 Å². The molecule has 0 aliphatic carbocycles. The van der Waals surface area contributed by atoms with Crippen molar-refractivity contribution in [2.75, 3.05) is 26.8 Å². The molecule has 2 aromatic rings. The number of nitrogens with zero attached hydrogens (tertiary/aromatic N) is 2. The molecule has 0 saturated heterocycles. The smallest absolute Gasteiger partial charge is 0.416 e. The lowest BCUT2D eigenvalue weighted by molar-refractivity contribution is -0.137. The highest BCUT2D eigenvalue weighted by atomic mass is 19.4. The van der Waals surface area contributed by atoms with E-state index in [1.165, 1.54) is 12.5 Å². The molecule has 1 aliphatic rings. The third-order valence-corrected chi connectivity index (χ3v) is 5.64. The van der Waals surface area contributed by atoms with Crippen LogP contribution in [0.4, 0.5) is 13.2 Å². The first-order chi connectivity index (χ1) is 17.7. The Morgan fingerprint density at radius 1 is 1.14 bits per heavy atom. The first-order valence-corrected chi connectivity index (χ1v) is 13.3. The van der Waals surface area contributed by atoms with Crippen molar-refractivity contribution in [2.24, 2.45) is 0 Å². The van der Waals surface area contributed by atoms with Gasteiger partial charge < -0.3 is 15.2 Å². The van der Waals surface area contributed by atoms with Crippen LogP contribution in [0.3, 0.4) is 0 Å².